The SMILES string of the molecule is Cc1cccc2c1/C(=C\C#N)OC2=O. The van der Waals surface area contributed by atoms with Gasteiger partial charge < -0.3 is 4.74 Å². The molecule has 1 aromatic carbocycles. The highest BCUT2D eigenvalue weighted by Gasteiger charge is 2.27. The molecule has 1 aromatic rings. The van der Waals surface area contributed by atoms with Gasteiger partial charge in [0.1, 0.15) is 5.76 Å². The van der Waals surface area contributed by atoms with Gasteiger partial charge in [0, 0.05) is 5.56 Å². The van der Waals surface area contributed by atoms with Crippen LogP contribution in [0.25, 0.3) is 5.76 Å². The van der Waals surface area contributed by atoms with Crippen molar-refractivity contribution in [2.24, 2.45) is 0 Å². The average molecular weight is 185 g/mol. The van der Waals surface area contributed by atoms with Crippen LogP contribution in [-0.4, -0.2) is 5.97 Å². The van der Waals surface area contributed by atoms with Crippen LogP contribution in [-0.2, 0) is 4.74 Å². The van der Waals surface area contributed by atoms with Gasteiger partial charge in [-0.2, -0.15) is 5.26 Å². The summed E-state index contributed by atoms with van der Waals surface area (Å²) < 4.78 is 4.95. The number of fused-ring (bicyclic) bond motifs is 1. The number of nitrogens with zero attached hydrogens (tertiary/aromatic N) is 1. The summed E-state index contributed by atoms with van der Waals surface area (Å²) in [6.45, 7) is 1.88. The van der Waals surface area contributed by atoms with E-state index in [1.165, 1.54) is 6.08 Å². The van der Waals surface area contributed by atoms with Crippen molar-refractivity contribution in [2.75, 3.05) is 0 Å². The molecule has 0 unspecified atom stereocenters. The maximum atomic E-state index is 11.3. The molecule has 1 aliphatic heterocycles. The Labute approximate surface area is 81.2 Å². The molecule has 0 amide bonds. The summed E-state index contributed by atoms with van der Waals surface area (Å²) >= 11 is 0. The van der Waals surface area contributed by atoms with Crippen LogP contribution in [0, 0.1) is 18.3 Å². The van der Waals surface area contributed by atoms with Crippen molar-refractivity contribution in [3.63, 3.8) is 0 Å². The quantitative estimate of drug-likeness (QED) is 0.459. The molecule has 1 aliphatic rings. The molecule has 2 rings (SSSR count). The van der Waals surface area contributed by atoms with Crippen LogP contribution in [0.3, 0.4) is 0 Å². The molecule has 3 heteroatoms. The van der Waals surface area contributed by atoms with Crippen LogP contribution < -0.4 is 0 Å². The summed E-state index contributed by atoms with van der Waals surface area (Å²) in [7, 11) is 0. The molecule has 68 valence electrons. The largest absolute Gasteiger partial charge is 0.421 e. The summed E-state index contributed by atoms with van der Waals surface area (Å²) in [6.07, 6.45) is 1.25. The molecule has 0 radical (unpaired) electrons. The van der Waals surface area contributed by atoms with E-state index in [4.69, 9.17) is 10.00 Å². The van der Waals surface area contributed by atoms with E-state index in [1.54, 1.807) is 12.1 Å². The van der Waals surface area contributed by atoms with Crippen molar-refractivity contribution in [2.45, 2.75) is 6.92 Å². The Morgan fingerprint density at radius 1 is 1.50 bits per heavy atom. The van der Waals surface area contributed by atoms with Crippen molar-refractivity contribution in [3.05, 3.63) is 41.0 Å². The fourth-order valence-corrected chi connectivity index (χ4v) is 1.53. The van der Waals surface area contributed by atoms with Gasteiger partial charge in [0.05, 0.1) is 17.7 Å². The van der Waals surface area contributed by atoms with E-state index >= 15 is 0 Å². The highest BCUT2D eigenvalue weighted by Crippen LogP contribution is 2.31. The van der Waals surface area contributed by atoms with E-state index < -0.39 is 0 Å². The molecule has 0 fully saturated rings. The number of carbonyl (C=O) groups excluding carboxylic acids is 1. The Kier molecular flexibility index (Phi) is 1.83. The van der Waals surface area contributed by atoms with Crippen LogP contribution >= 0.6 is 0 Å². The standard InChI is InChI=1S/C11H7NO2/c1-7-3-2-4-8-10(7)9(5-6-12)14-11(8)13/h2-5H,1H3/b9-5+. The number of hydrogen-bond acceptors (Lipinski definition) is 3. The number of cyclic esters (lactones) is 1. The molecular weight excluding hydrogens is 178 g/mol. The summed E-state index contributed by atoms with van der Waals surface area (Å²) in [4.78, 5) is 11.3. The number of carbonyl (C=O) groups is 1. The van der Waals surface area contributed by atoms with E-state index in [0.29, 0.717) is 11.3 Å². The minimum Gasteiger partial charge on any atom is -0.421 e. The second-order valence-corrected chi connectivity index (χ2v) is 3.02. The lowest BCUT2D eigenvalue weighted by Crippen LogP contribution is -1.92. The topological polar surface area (TPSA) is 50.1 Å². The molecule has 14 heavy (non-hydrogen) atoms. The second kappa shape index (κ2) is 3.00. The minimum atomic E-state index is -0.384. The Hall–Kier alpha value is -2.08. The summed E-state index contributed by atoms with van der Waals surface area (Å²) in [5.74, 6) is -0.0317. The Morgan fingerprint density at radius 2 is 2.29 bits per heavy atom. The smallest absolute Gasteiger partial charge is 0.344 e. The van der Waals surface area contributed by atoms with E-state index in [1.807, 2.05) is 19.1 Å². The second-order valence-electron chi connectivity index (χ2n) is 3.02. The van der Waals surface area contributed by atoms with Gasteiger partial charge in [0.25, 0.3) is 0 Å². The number of allylic oxidation sites excluding steroid dienone is 1. The van der Waals surface area contributed by atoms with E-state index in [9.17, 15) is 4.79 Å². The number of aryl methyl sites for hydroxylation is 1. The Morgan fingerprint density at radius 3 is 3.00 bits per heavy atom. The van der Waals surface area contributed by atoms with Gasteiger partial charge in [-0.15, -0.1) is 0 Å². The van der Waals surface area contributed by atoms with Crippen LogP contribution in [0.4, 0.5) is 0 Å². The monoisotopic (exact) mass is 185 g/mol. The lowest BCUT2D eigenvalue weighted by molar-refractivity contribution is 0.0716. The van der Waals surface area contributed by atoms with Crippen LogP contribution in [0.1, 0.15) is 21.5 Å². The molecule has 0 aliphatic carbocycles. The zero-order chi connectivity index (χ0) is 10.1. The predicted molar refractivity (Wildman–Crippen MR) is 50.2 cm³/mol. The van der Waals surface area contributed by atoms with Gasteiger partial charge in [0.2, 0.25) is 0 Å². The minimum absolute atomic E-state index is 0.352. The lowest BCUT2D eigenvalue weighted by Gasteiger charge is -1.99. The first-order chi connectivity index (χ1) is 6.74. The first kappa shape index (κ1) is 8.52. The first-order valence-corrected chi connectivity index (χ1v) is 4.16. The van der Waals surface area contributed by atoms with E-state index in [2.05, 4.69) is 0 Å². The fraction of sp³-hybridized carbons (Fsp3) is 0.0909. The molecule has 0 bridgehead atoms. The summed E-state index contributed by atoms with van der Waals surface area (Å²) in [6, 6.07) is 7.23. The molecule has 0 spiro atoms. The van der Waals surface area contributed by atoms with Crippen molar-refractivity contribution >= 4 is 11.7 Å². The Balaban J connectivity index is 2.70. The number of nitriles is 1. The number of benzene rings is 1. The predicted octanol–water partition coefficient (Wildman–Crippen LogP) is 2.03. The fourth-order valence-electron chi connectivity index (χ4n) is 1.53. The normalized spacial score (nSPS) is 16.3. The van der Waals surface area contributed by atoms with Crippen LogP contribution in [0.5, 0.6) is 0 Å². The third-order valence-electron chi connectivity index (χ3n) is 2.14. The van der Waals surface area contributed by atoms with Crippen molar-refractivity contribution < 1.29 is 9.53 Å². The zero-order valence-corrected chi connectivity index (χ0v) is 7.57. The Bertz CT molecular complexity index is 481. The highest BCUT2D eigenvalue weighted by atomic mass is 16.5. The third-order valence-corrected chi connectivity index (χ3v) is 2.14. The van der Waals surface area contributed by atoms with E-state index in [0.717, 1.165) is 11.1 Å². The van der Waals surface area contributed by atoms with Crippen molar-refractivity contribution in [3.8, 4) is 6.07 Å². The zero-order valence-electron chi connectivity index (χ0n) is 7.57. The lowest BCUT2D eigenvalue weighted by atomic mass is 10.0. The molecule has 0 N–H and O–H groups in total. The third kappa shape index (κ3) is 1.09. The maximum Gasteiger partial charge on any atom is 0.344 e. The van der Waals surface area contributed by atoms with Gasteiger partial charge in [-0.3, -0.25) is 0 Å². The summed E-state index contributed by atoms with van der Waals surface area (Å²) in [5, 5.41) is 8.51. The average Bonchev–Trinajstić information content (AvgIpc) is 2.46. The van der Waals surface area contributed by atoms with Crippen molar-refractivity contribution in [1.29, 1.82) is 5.26 Å². The molecule has 0 saturated carbocycles. The van der Waals surface area contributed by atoms with E-state index in [-0.39, 0.29) is 5.97 Å². The number of rotatable bonds is 0. The molecule has 3 nitrogen and oxygen atoms in total. The van der Waals surface area contributed by atoms with Crippen LogP contribution in [0.15, 0.2) is 24.3 Å². The summed E-state index contributed by atoms with van der Waals surface area (Å²) in [5.41, 5.74) is 2.21. The van der Waals surface area contributed by atoms with Crippen molar-refractivity contribution in [1.82, 2.24) is 0 Å². The molecule has 0 saturated heterocycles. The number of hydrogen-bond donors (Lipinski definition) is 0. The van der Waals surface area contributed by atoms with Gasteiger partial charge in [0.15, 0.2) is 0 Å². The number of esters is 1. The highest BCUT2D eigenvalue weighted by molar-refractivity contribution is 6.03. The van der Waals surface area contributed by atoms with Gasteiger partial charge in [-0.05, 0) is 18.6 Å². The maximum absolute atomic E-state index is 11.3. The first-order valence-electron chi connectivity index (χ1n) is 4.16. The molecule has 0 aromatic heterocycles. The number of ether oxygens (including phenoxy) is 1. The molecular formula is C11H7NO2. The van der Waals surface area contributed by atoms with Gasteiger partial charge in [-0.25, -0.2) is 4.79 Å². The molecule has 1 heterocycles. The molecule has 0 atom stereocenters. The van der Waals surface area contributed by atoms with Crippen LogP contribution in [0.2, 0.25) is 0 Å². The van der Waals surface area contributed by atoms with Gasteiger partial charge in [-0.1, -0.05) is 12.1 Å². The van der Waals surface area contributed by atoms with Gasteiger partial charge >= 0.3 is 5.97 Å².